The minimum atomic E-state index is -4.50. The number of nitrogens with two attached hydrogens (primary N) is 1. The molecule has 2 saturated carbocycles. The van der Waals surface area contributed by atoms with Gasteiger partial charge in [0.1, 0.15) is 6.42 Å². The number of alkyl halides is 3. The molecule has 1 amide bonds. The summed E-state index contributed by atoms with van der Waals surface area (Å²) in [5.41, 5.74) is 11.5. The molecule has 0 spiro atoms. The summed E-state index contributed by atoms with van der Waals surface area (Å²) in [5.74, 6) is 0.370. The zero-order valence-corrected chi connectivity index (χ0v) is 19.7. The number of benzene rings is 1. The predicted octanol–water partition coefficient (Wildman–Crippen LogP) is 4.53. The van der Waals surface area contributed by atoms with Gasteiger partial charge in [-0.1, -0.05) is 12.1 Å². The van der Waals surface area contributed by atoms with Gasteiger partial charge in [-0.3, -0.25) is 14.8 Å². The van der Waals surface area contributed by atoms with Crippen molar-refractivity contribution >= 4 is 28.4 Å². The molecule has 36 heavy (non-hydrogen) atoms. The fourth-order valence-electron chi connectivity index (χ4n) is 5.35. The van der Waals surface area contributed by atoms with Crippen molar-refractivity contribution in [1.82, 2.24) is 19.9 Å². The first kappa shape index (κ1) is 23.0. The van der Waals surface area contributed by atoms with Crippen LogP contribution in [-0.4, -0.2) is 57.6 Å². The van der Waals surface area contributed by atoms with Crippen LogP contribution in [0.2, 0.25) is 0 Å². The molecule has 0 bridgehead atoms. The van der Waals surface area contributed by atoms with Gasteiger partial charge in [-0.05, 0) is 43.7 Å². The maximum absolute atomic E-state index is 12.9. The minimum absolute atomic E-state index is 0.225. The van der Waals surface area contributed by atoms with Crippen molar-refractivity contribution in [3.63, 3.8) is 0 Å². The minimum Gasteiger partial charge on any atom is -0.396 e. The van der Waals surface area contributed by atoms with Gasteiger partial charge in [0, 0.05) is 49.1 Å². The standard InChI is InChI=1S/C26H27F3N6O/c27-26(28,29)13-22(36)35-11-10-34(14-21(35)15-4-5-15)25-19(30)12-18(23(33-25)16-6-7-16)17-2-1-3-20-24(17)32-9-8-31-20/h1-3,8-9,12,15-16,21H,4-7,10-11,13-14,30H2/t21-/m0/s1. The fourth-order valence-corrected chi connectivity index (χ4v) is 5.35. The summed E-state index contributed by atoms with van der Waals surface area (Å²) in [4.78, 5) is 30.0. The Bertz CT molecular complexity index is 1320. The van der Waals surface area contributed by atoms with E-state index >= 15 is 0 Å². The lowest BCUT2D eigenvalue weighted by molar-refractivity contribution is -0.163. The van der Waals surface area contributed by atoms with Crippen LogP contribution in [0.1, 0.15) is 43.7 Å². The number of amides is 1. The number of rotatable bonds is 5. The van der Waals surface area contributed by atoms with E-state index < -0.39 is 18.5 Å². The number of carbonyl (C=O) groups is 1. The van der Waals surface area contributed by atoms with Crippen LogP contribution < -0.4 is 10.6 Å². The molecule has 2 aliphatic carbocycles. The van der Waals surface area contributed by atoms with Crippen molar-refractivity contribution in [2.45, 2.75) is 50.2 Å². The number of anilines is 2. The number of aromatic nitrogens is 3. The highest BCUT2D eigenvalue weighted by molar-refractivity contribution is 5.93. The van der Waals surface area contributed by atoms with Crippen LogP contribution in [-0.2, 0) is 4.79 Å². The van der Waals surface area contributed by atoms with E-state index in [0.29, 0.717) is 30.5 Å². The van der Waals surface area contributed by atoms with Crippen LogP contribution in [0.3, 0.4) is 0 Å². The number of fused-ring (bicyclic) bond motifs is 1. The molecule has 3 aromatic rings. The number of hydrogen-bond donors (Lipinski definition) is 1. The Kier molecular flexibility index (Phi) is 5.49. The summed E-state index contributed by atoms with van der Waals surface area (Å²) >= 11 is 0. The lowest BCUT2D eigenvalue weighted by Gasteiger charge is -2.43. The third-order valence-corrected chi connectivity index (χ3v) is 7.37. The smallest absolute Gasteiger partial charge is 0.396 e. The zero-order valence-electron chi connectivity index (χ0n) is 19.7. The van der Waals surface area contributed by atoms with E-state index in [4.69, 9.17) is 10.7 Å². The molecule has 6 rings (SSSR count). The monoisotopic (exact) mass is 496 g/mol. The van der Waals surface area contributed by atoms with E-state index in [9.17, 15) is 18.0 Å². The third kappa shape index (κ3) is 4.44. The maximum atomic E-state index is 12.9. The van der Waals surface area contributed by atoms with Crippen LogP contribution in [0.25, 0.3) is 22.2 Å². The van der Waals surface area contributed by atoms with Crippen LogP contribution in [0.15, 0.2) is 36.7 Å². The van der Waals surface area contributed by atoms with Gasteiger partial charge < -0.3 is 15.5 Å². The Hall–Kier alpha value is -3.43. The van der Waals surface area contributed by atoms with E-state index in [2.05, 4.69) is 9.97 Å². The largest absolute Gasteiger partial charge is 0.397 e. The van der Waals surface area contributed by atoms with E-state index in [0.717, 1.165) is 53.5 Å². The first-order chi connectivity index (χ1) is 17.3. The van der Waals surface area contributed by atoms with Gasteiger partial charge in [0.25, 0.3) is 0 Å². The molecule has 188 valence electrons. The second-order valence-electron chi connectivity index (χ2n) is 10.1. The first-order valence-electron chi connectivity index (χ1n) is 12.4. The van der Waals surface area contributed by atoms with Gasteiger partial charge in [-0.25, -0.2) is 4.98 Å². The molecule has 1 aliphatic heterocycles. The zero-order chi connectivity index (χ0) is 25.0. The highest BCUT2D eigenvalue weighted by Crippen LogP contribution is 2.47. The summed E-state index contributed by atoms with van der Waals surface area (Å²) in [6.45, 7) is 1.07. The highest BCUT2D eigenvalue weighted by Gasteiger charge is 2.44. The Morgan fingerprint density at radius 2 is 1.83 bits per heavy atom. The summed E-state index contributed by atoms with van der Waals surface area (Å²) in [5, 5.41) is 0. The van der Waals surface area contributed by atoms with Gasteiger partial charge in [0.05, 0.1) is 28.5 Å². The summed E-state index contributed by atoms with van der Waals surface area (Å²) in [6, 6.07) is 7.57. The molecule has 3 heterocycles. The third-order valence-electron chi connectivity index (χ3n) is 7.37. The second-order valence-corrected chi connectivity index (χ2v) is 10.1. The average molecular weight is 497 g/mol. The molecular weight excluding hydrogens is 469 g/mol. The first-order valence-corrected chi connectivity index (χ1v) is 12.4. The van der Waals surface area contributed by atoms with E-state index in [1.807, 2.05) is 29.2 Å². The molecule has 1 atom stereocenters. The Morgan fingerprint density at radius 3 is 2.56 bits per heavy atom. The van der Waals surface area contributed by atoms with Crippen molar-refractivity contribution in [3.8, 4) is 11.1 Å². The average Bonchev–Trinajstić information content (AvgIpc) is 3.75. The molecule has 3 aliphatic rings. The maximum Gasteiger partial charge on any atom is 0.397 e. The fraction of sp³-hybridized carbons (Fsp3) is 0.462. The Labute approximate surface area is 206 Å². The summed E-state index contributed by atoms with van der Waals surface area (Å²) in [6.07, 6.45) is 1.36. The SMILES string of the molecule is Nc1cc(-c2cccc3nccnc23)c(C2CC2)nc1N1CCN(C(=O)CC(F)(F)F)[C@H](C2CC2)C1. The molecule has 0 radical (unpaired) electrons. The number of hydrogen-bond acceptors (Lipinski definition) is 6. The molecule has 0 unspecified atom stereocenters. The van der Waals surface area contributed by atoms with Crippen LogP contribution in [0.5, 0.6) is 0 Å². The van der Waals surface area contributed by atoms with Crippen molar-refractivity contribution in [3.05, 3.63) is 42.4 Å². The number of piperazine rings is 1. The van der Waals surface area contributed by atoms with E-state index in [1.165, 1.54) is 4.90 Å². The van der Waals surface area contributed by atoms with Crippen molar-refractivity contribution in [2.24, 2.45) is 5.92 Å². The van der Waals surface area contributed by atoms with Gasteiger partial charge >= 0.3 is 6.18 Å². The lowest BCUT2D eigenvalue weighted by atomic mass is 9.98. The number of para-hydroxylation sites is 1. The van der Waals surface area contributed by atoms with E-state index in [-0.39, 0.29) is 18.5 Å². The lowest BCUT2D eigenvalue weighted by Crippen LogP contribution is -2.57. The van der Waals surface area contributed by atoms with Crippen LogP contribution >= 0.6 is 0 Å². The molecule has 1 saturated heterocycles. The molecule has 3 fully saturated rings. The number of pyridine rings is 1. The molecule has 2 N–H and O–H groups in total. The van der Waals surface area contributed by atoms with Crippen LogP contribution in [0.4, 0.5) is 24.7 Å². The van der Waals surface area contributed by atoms with Gasteiger partial charge in [0.2, 0.25) is 5.91 Å². The Morgan fingerprint density at radius 1 is 1.06 bits per heavy atom. The van der Waals surface area contributed by atoms with Gasteiger partial charge in [0.15, 0.2) is 5.82 Å². The highest BCUT2D eigenvalue weighted by atomic mass is 19.4. The number of halogens is 3. The molecule has 1 aromatic carbocycles. The molecular formula is C26H27F3N6O. The van der Waals surface area contributed by atoms with Crippen molar-refractivity contribution < 1.29 is 18.0 Å². The number of carbonyl (C=O) groups excluding carboxylic acids is 1. The normalized spacial score (nSPS) is 20.7. The number of nitrogens with zero attached hydrogens (tertiary/aromatic N) is 5. The summed E-state index contributed by atoms with van der Waals surface area (Å²) < 4.78 is 38.7. The van der Waals surface area contributed by atoms with Crippen molar-refractivity contribution in [2.75, 3.05) is 30.3 Å². The Balaban J connectivity index is 1.33. The molecule has 2 aromatic heterocycles. The summed E-state index contributed by atoms with van der Waals surface area (Å²) in [7, 11) is 0. The number of nitrogen functional groups attached to an aromatic ring is 1. The van der Waals surface area contributed by atoms with Gasteiger partial charge in [-0.15, -0.1) is 0 Å². The van der Waals surface area contributed by atoms with Gasteiger partial charge in [-0.2, -0.15) is 13.2 Å². The molecule has 10 heteroatoms. The van der Waals surface area contributed by atoms with Crippen molar-refractivity contribution in [1.29, 1.82) is 0 Å². The second kappa shape index (κ2) is 8.60. The predicted molar refractivity (Wildman–Crippen MR) is 130 cm³/mol. The molecule has 7 nitrogen and oxygen atoms in total. The quantitative estimate of drug-likeness (QED) is 0.558. The van der Waals surface area contributed by atoms with E-state index in [1.54, 1.807) is 12.4 Å². The topological polar surface area (TPSA) is 88.2 Å². The van der Waals surface area contributed by atoms with Crippen LogP contribution in [0, 0.1) is 5.92 Å².